The van der Waals surface area contributed by atoms with Gasteiger partial charge in [-0.1, -0.05) is 30.3 Å². The Morgan fingerprint density at radius 2 is 2.11 bits per heavy atom. The van der Waals surface area contributed by atoms with Crippen molar-refractivity contribution in [2.24, 2.45) is 0 Å². The van der Waals surface area contributed by atoms with Crippen molar-refractivity contribution >= 4 is 44.2 Å². The Morgan fingerprint density at radius 1 is 1.37 bits per heavy atom. The molecular weight excluding hydrogens is 302 g/mol. The molecule has 0 aliphatic heterocycles. The molecule has 2 aromatic rings. The summed E-state index contributed by atoms with van der Waals surface area (Å²) in [5, 5.41) is 2.19. The van der Waals surface area contributed by atoms with Gasteiger partial charge in [0.1, 0.15) is 4.21 Å². The minimum absolute atomic E-state index is 0.271. The number of benzene rings is 1. The van der Waals surface area contributed by atoms with Crippen molar-refractivity contribution in [3.63, 3.8) is 0 Å². The highest BCUT2D eigenvalue weighted by atomic mass is 35.5. The number of hydrogen-bond acceptors (Lipinski definition) is 3. The molecule has 1 aromatic heterocycles. The maximum absolute atomic E-state index is 12.0. The average Bonchev–Trinajstić information content (AvgIpc) is 2.81. The zero-order valence-electron chi connectivity index (χ0n) is 10.2. The van der Waals surface area contributed by atoms with Gasteiger partial charge in [0.15, 0.2) is 0 Å². The summed E-state index contributed by atoms with van der Waals surface area (Å²) in [4.78, 5) is 0. The highest BCUT2D eigenvalue weighted by Crippen LogP contribution is 2.27. The van der Waals surface area contributed by atoms with E-state index in [1.165, 1.54) is 0 Å². The lowest BCUT2D eigenvalue weighted by molar-refractivity contribution is 0.603. The van der Waals surface area contributed by atoms with E-state index >= 15 is 0 Å². The summed E-state index contributed by atoms with van der Waals surface area (Å²) < 4.78 is 26.8. The molecule has 1 aromatic carbocycles. The lowest BCUT2D eigenvalue weighted by atomic mass is 10.1. The average molecular weight is 314 g/mol. The molecule has 0 saturated heterocycles. The van der Waals surface area contributed by atoms with E-state index in [0.717, 1.165) is 22.5 Å². The molecule has 0 fully saturated rings. The molecule has 0 bridgehead atoms. The molecule has 0 aliphatic rings. The summed E-state index contributed by atoms with van der Waals surface area (Å²) in [5.41, 5.74) is 2.07. The molecule has 1 heterocycles. The zero-order valence-corrected chi connectivity index (χ0v) is 12.6. The van der Waals surface area contributed by atoms with Crippen molar-refractivity contribution in [3.8, 4) is 0 Å². The first kappa shape index (κ1) is 14.1. The first-order valence-electron chi connectivity index (χ1n) is 5.42. The van der Waals surface area contributed by atoms with Gasteiger partial charge in [-0.25, -0.2) is 8.42 Å². The Bertz CT molecular complexity index is 706. The van der Waals surface area contributed by atoms with Crippen LogP contribution in [-0.2, 0) is 10.0 Å². The van der Waals surface area contributed by atoms with E-state index < -0.39 is 10.0 Å². The molecular formula is C13H12ClNO2S2. The predicted molar refractivity (Wildman–Crippen MR) is 81.3 cm³/mol. The second-order valence-corrected chi connectivity index (χ2v) is 7.28. The quantitative estimate of drug-likeness (QED) is 0.918. The maximum Gasteiger partial charge on any atom is 0.271 e. The fourth-order valence-corrected chi connectivity index (χ4v) is 3.93. The Morgan fingerprint density at radius 3 is 2.63 bits per heavy atom. The van der Waals surface area contributed by atoms with Gasteiger partial charge in [0, 0.05) is 0 Å². The molecule has 1 N–H and O–H groups in total. The van der Waals surface area contributed by atoms with Gasteiger partial charge in [0.05, 0.1) is 10.7 Å². The monoisotopic (exact) mass is 313 g/mol. The number of halogens is 1. The summed E-state index contributed by atoms with van der Waals surface area (Å²) in [7, 11) is -3.53. The topological polar surface area (TPSA) is 46.2 Å². The molecule has 0 atom stereocenters. The van der Waals surface area contributed by atoms with Crippen molar-refractivity contribution in [2.75, 3.05) is 4.72 Å². The van der Waals surface area contributed by atoms with Crippen LogP contribution in [0.5, 0.6) is 0 Å². The lowest BCUT2D eigenvalue weighted by Gasteiger charge is -2.09. The molecule has 0 amide bonds. The maximum atomic E-state index is 12.0. The van der Waals surface area contributed by atoms with Crippen LogP contribution in [0.3, 0.4) is 0 Å². The van der Waals surface area contributed by atoms with Crippen LogP contribution in [0.2, 0.25) is 5.02 Å². The zero-order chi connectivity index (χ0) is 14.0. The number of thiophene rings is 1. The van der Waals surface area contributed by atoms with Gasteiger partial charge in [-0.2, -0.15) is 0 Å². The molecule has 0 spiro atoms. The van der Waals surface area contributed by atoms with Crippen molar-refractivity contribution < 1.29 is 8.42 Å². The van der Waals surface area contributed by atoms with Crippen LogP contribution >= 0.6 is 22.9 Å². The predicted octanol–water partition coefficient (Wildman–Crippen LogP) is 4.24. The van der Waals surface area contributed by atoms with Crippen LogP contribution in [0.4, 0.5) is 5.69 Å². The molecule has 0 aliphatic carbocycles. The van der Waals surface area contributed by atoms with E-state index in [0.29, 0.717) is 10.7 Å². The molecule has 2 rings (SSSR count). The van der Waals surface area contributed by atoms with E-state index in [1.54, 1.807) is 35.7 Å². The Balaban J connectivity index is 2.30. The van der Waals surface area contributed by atoms with Gasteiger partial charge < -0.3 is 0 Å². The molecule has 19 heavy (non-hydrogen) atoms. The van der Waals surface area contributed by atoms with E-state index in [4.69, 9.17) is 11.6 Å². The van der Waals surface area contributed by atoms with Crippen molar-refractivity contribution in [2.45, 2.75) is 11.1 Å². The fourth-order valence-electron chi connectivity index (χ4n) is 1.55. The van der Waals surface area contributed by atoms with Crippen molar-refractivity contribution in [3.05, 3.63) is 52.9 Å². The van der Waals surface area contributed by atoms with Gasteiger partial charge in [0.2, 0.25) is 0 Å². The van der Waals surface area contributed by atoms with Crippen LogP contribution in [0, 0.1) is 0 Å². The lowest BCUT2D eigenvalue weighted by Crippen LogP contribution is -2.11. The first-order valence-corrected chi connectivity index (χ1v) is 8.16. The summed E-state index contributed by atoms with van der Waals surface area (Å²) >= 11 is 7.25. The van der Waals surface area contributed by atoms with Gasteiger partial charge in [-0.3, -0.25) is 4.72 Å². The van der Waals surface area contributed by atoms with Gasteiger partial charge in [0.25, 0.3) is 10.0 Å². The van der Waals surface area contributed by atoms with E-state index in [-0.39, 0.29) is 4.21 Å². The molecule has 6 heteroatoms. The van der Waals surface area contributed by atoms with E-state index in [2.05, 4.69) is 11.3 Å². The number of sulfonamides is 1. The van der Waals surface area contributed by atoms with E-state index in [1.807, 2.05) is 6.92 Å². The number of nitrogens with one attached hydrogen (secondary N) is 1. The highest BCUT2D eigenvalue weighted by molar-refractivity contribution is 7.94. The molecule has 0 unspecified atom stereocenters. The van der Waals surface area contributed by atoms with Crippen molar-refractivity contribution in [1.82, 2.24) is 0 Å². The molecule has 100 valence electrons. The van der Waals surface area contributed by atoms with Crippen LogP contribution in [-0.4, -0.2) is 8.42 Å². The summed E-state index contributed by atoms with van der Waals surface area (Å²) in [6, 6.07) is 8.24. The Hall–Kier alpha value is -1.30. The summed E-state index contributed by atoms with van der Waals surface area (Å²) in [6.45, 7) is 5.65. The first-order chi connectivity index (χ1) is 8.90. The Labute approximate surface area is 121 Å². The minimum atomic E-state index is -3.53. The highest BCUT2D eigenvalue weighted by Gasteiger charge is 2.15. The fraction of sp³-hybridized carbons (Fsp3) is 0.0769. The number of hydrogen-bond donors (Lipinski definition) is 1. The minimum Gasteiger partial charge on any atom is -0.279 e. The smallest absolute Gasteiger partial charge is 0.271 e. The number of allylic oxidation sites excluding steroid dienone is 1. The third-order valence-electron chi connectivity index (χ3n) is 2.44. The van der Waals surface area contributed by atoms with Crippen molar-refractivity contribution in [1.29, 1.82) is 0 Å². The summed E-state index contributed by atoms with van der Waals surface area (Å²) in [6.07, 6.45) is 0. The van der Waals surface area contributed by atoms with Gasteiger partial charge in [-0.05, 0) is 41.6 Å². The molecule has 0 radical (unpaired) electrons. The second kappa shape index (κ2) is 5.36. The molecule has 3 nitrogen and oxygen atoms in total. The van der Waals surface area contributed by atoms with Crippen LogP contribution in [0.25, 0.3) is 5.57 Å². The number of anilines is 1. The van der Waals surface area contributed by atoms with Gasteiger partial charge in [-0.15, -0.1) is 11.3 Å². The van der Waals surface area contributed by atoms with Gasteiger partial charge >= 0.3 is 0 Å². The molecule has 0 saturated carbocycles. The third-order valence-corrected chi connectivity index (χ3v) is 5.53. The van der Waals surface area contributed by atoms with Crippen LogP contribution in [0.1, 0.15) is 12.5 Å². The van der Waals surface area contributed by atoms with E-state index in [9.17, 15) is 8.42 Å². The largest absolute Gasteiger partial charge is 0.279 e. The SMILES string of the molecule is C=C(C)c1ccc(NS(=O)(=O)c2cccs2)cc1Cl. The third kappa shape index (κ3) is 3.18. The number of rotatable bonds is 4. The normalized spacial score (nSPS) is 11.3. The second-order valence-electron chi connectivity index (χ2n) is 4.01. The van der Waals surface area contributed by atoms with Crippen LogP contribution < -0.4 is 4.72 Å². The Kier molecular flexibility index (Phi) is 3.99. The van der Waals surface area contributed by atoms with Crippen LogP contribution in [0.15, 0.2) is 46.5 Å². The summed E-state index contributed by atoms with van der Waals surface area (Å²) in [5.74, 6) is 0. The standard InChI is InChI=1S/C13H12ClNO2S2/c1-9(2)11-6-5-10(8-12(11)14)15-19(16,17)13-4-3-7-18-13/h3-8,15H,1H2,2H3.